The molecule has 0 radical (unpaired) electrons. The molecular formula is C54H37N. The van der Waals surface area contributed by atoms with Gasteiger partial charge in [0.1, 0.15) is 0 Å². The molecule has 0 spiro atoms. The van der Waals surface area contributed by atoms with Gasteiger partial charge >= 0.3 is 0 Å². The van der Waals surface area contributed by atoms with Gasteiger partial charge in [-0.25, -0.2) is 0 Å². The molecule has 10 aromatic rings. The van der Waals surface area contributed by atoms with Gasteiger partial charge in [0, 0.05) is 17.1 Å². The average Bonchev–Trinajstić information content (AvgIpc) is 3.27. The van der Waals surface area contributed by atoms with E-state index in [4.69, 9.17) is 0 Å². The second-order valence-corrected chi connectivity index (χ2v) is 14.2. The Morgan fingerprint density at radius 3 is 1.09 bits per heavy atom. The Kier molecular flexibility index (Phi) is 8.24. The summed E-state index contributed by atoms with van der Waals surface area (Å²) in [5, 5.41) is 7.59. The van der Waals surface area contributed by atoms with E-state index in [1.165, 1.54) is 76.8 Å². The highest BCUT2D eigenvalue weighted by atomic mass is 15.1. The monoisotopic (exact) mass is 699 g/mol. The number of nitrogens with zero attached hydrogens (tertiary/aromatic N) is 1. The van der Waals surface area contributed by atoms with Crippen LogP contribution in [-0.4, -0.2) is 0 Å². The van der Waals surface area contributed by atoms with E-state index in [1.807, 2.05) is 0 Å². The summed E-state index contributed by atoms with van der Waals surface area (Å²) in [4.78, 5) is 2.34. The summed E-state index contributed by atoms with van der Waals surface area (Å²) in [7, 11) is 0. The highest BCUT2D eigenvalue weighted by Crippen LogP contribution is 2.38. The Bertz CT molecular complexity index is 2850. The van der Waals surface area contributed by atoms with Crippen molar-refractivity contribution in [1.29, 1.82) is 0 Å². The second kappa shape index (κ2) is 14.0. The Balaban J connectivity index is 0.980. The first-order chi connectivity index (χ1) is 27.2. The van der Waals surface area contributed by atoms with Crippen LogP contribution in [0.15, 0.2) is 224 Å². The smallest absolute Gasteiger partial charge is 0.0462 e. The van der Waals surface area contributed by atoms with Crippen LogP contribution in [0.4, 0.5) is 17.1 Å². The lowest BCUT2D eigenvalue weighted by atomic mass is 9.95. The van der Waals surface area contributed by atoms with Crippen molar-refractivity contribution >= 4 is 49.4 Å². The molecule has 10 rings (SSSR count). The summed E-state index contributed by atoms with van der Waals surface area (Å²) in [6.45, 7) is 0. The van der Waals surface area contributed by atoms with Gasteiger partial charge in [0.05, 0.1) is 0 Å². The average molecular weight is 700 g/mol. The molecule has 0 saturated carbocycles. The van der Waals surface area contributed by atoms with Crippen molar-refractivity contribution in [2.45, 2.75) is 0 Å². The van der Waals surface area contributed by atoms with Gasteiger partial charge in [-0.05, 0) is 131 Å². The molecule has 0 saturated heterocycles. The molecule has 1 heteroatoms. The molecule has 0 aliphatic carbocycles. The number of anilines is 3. The Hall–Kier alpha value is -7.22. The fourth-order valence-electron chi connectivity index (χ4n) is 7.92. The van der Waals surface area contributed by atoms with Gasteiger partial charge in [0.15, 0.2) is 0 Å². The molecule has 0 heterocycles. The Morgan fingerprint density at radius 1 is 0.200 bits per heavy atom. The lowest BCUT2D eigenvalue weighted by Crippen LogP contribution is -2.09. The third-order valence-corrected chi connectivity index (χ3v) is 10.8. The summed E-state index contributed by atoms with van der Waals surface area (Å²) >= 11 is 0. The molecule has 0 aromatic heterocycles. The van der Waals surface area contributed by atoms with E-state index < -0.39 is 0 Å². The van der Waals surface area contributed by atoms with Crippen molar-refractivity contribution in [3.8, 4) is 44.5 Å². The molecule has 0 amide bonds. The number of hydrogen-bond donors (Lipinski definition) is 0. The van der Waals surface area contributed by atoms with Crippen LogP contribution in [0.25, 0.3) is 76.8 Å². The molecular weight excluding hydrogens is 663 g/mol. The van der Waals surface area contributed by atoms with Gasteiger partial charge in [-0.15, -0.1) is 0 Å². The lowest BCUT2D eigenvalue weighted by Gasteiger charge is -2.26. The van der Waals surface area contributed by atoms with E-state index in [2.05, 4.69) is 229 Å². The topological polar surface area (TPSA) is 3.24 Å². The fraction of sp³-hybridized carbons (Fsp3) is 0. The number of benzene rings is 10. The minimum atomic E-state index is 1.11. The van der Waals surface area contributed by atoms with E-state index in [0.29, 0.717) is 0 Å². The SMILES string of the molecule is c1ccc(-c2ccc(N(c3ccc(-c4ccccc4)cc3)c3ccc(-c4ccc5ccc(-c6ccc7c(ccc8ccccc87)c6)cc5c4)cc3)cc2)cc1. The van der Waals surface area contributed by atoms with Gasteiger partial charge < -0.3 is 4.90 Å². The number of fused-ring (bicyclic) bond motifs is 4. The van der Waals surface area contributed by atoms with Gasteiger partial charge in [0.2, 0.25) is 0 Å². The highest BCUT2D eigenvalue weighted by molar-refractivity contribution is 6.08. The minimum absolute atomic E-state index is 1.11. The summed E-state index contributed by atoms with van der Waals surface area (Å²) < 4.78 is 0. The van der Waals surface area contributed by atoms with Crippen molar-refractivity contribution < 1.29 is 0 Å². The minimum Gasteiger partial charge on any atom is -0.311 e. The van der Waals surface area contributed by atoms with Crippen LogP contribution in [0.1, 0.15) is 0 Å². The largest absolute Gasteiger partial charge is 0.311 e. The Morgan fingerprint density at radius 2 is 0.545 bits per heavy atom. The molecule has 0 N–H and O–H groups in total. The van der Waals surface area contributed by atoms with Gasteiger partial charge in [0.25, 0.3) is 0 Å². The molecule has 0 unspecified atom stereocenters. The summed E-state index contributed by atoms with van der Waals surface area (Å²) in [5.74, 6) is 0. The van der Waals surface area contributed by atoms with Crippen LogP contribution in [-0.2, 0) is 0 Å². The highest BCUT2D eigenvalue weighted by Gasteiger charge is 2.14. The second-order valence-electron chi connectivity index (χ2n) is 14.2. The van der Waals surface area contributed by atoms with E-state index in [9.17, 15) is 0 Å². The summed E-state index contributed by atoms with van der Waals surface area (Å²) in [6.07, 6.45) is 0. The molecule has 0 atom stereocenters. The van der Waals surface area contributed by atoms with Crippen LogP contribution >= 0.6 is 0 Å². The van der Waals surface area contributed by atoms with Crippen molar-refractivity contribution in [2.24, 2.45) is 0 Å². The zero-order valence-electron chi connectivity index (χ0n) is 30.3. The third kappa shape index (κ3) is 6.33. The third-order valence-electron chi connectivity index (χ3n) is 10.8. The zero-order valence-corrected chi connectivity index (χ0v) is 30.3. The van der Waals surface area contributed by atoms with E-state index in [1.54, 1.807) is 0 Å². The fourth-order valence-corrected chi connectivity index (χ4v) is 7.92. The first-order valence-corrected chi connectivity index (χ1v) is 18.9. The lowest BCUT2D eigenvalue weighted by molar-refractivity contribution is 1.28. The van der Waals surface area contributed by atoms with Crippen LogP contribution < -0.4 is 4.90 Å². The standard InChI is InChI=1S/C54H37N/c1-3-9-38(10-4-1)40-21-28-50(29-22-40)55(51-30-23-41(24-31-51)39-11-5-2-6-12-39)52-32-25-42(26-33-52)45-18-15-43-16-19-46(37-49(43)36-45)47-27-34-54-48(35-47)20-17-44-13-7-8-14-53(44)54/h1-37H. The molecule has 0 aliphatic heterocycles. The van der Waals surface area contributed by atoms with Gasteiger partial charge in [-0.1, -0.05) is 170 Å². The molecule has 0 bridgehead atoms. The van der Waals surface area contributed by atoms with Crippen LogP contribution in [0.5, 0.6) is 0 Å². The normalized spacial score (nSPS) is 11.3. The van der Waals surface area contributed by atoms with Gasteiger partial charge in [-0.3, -0.25) is 0 Å². The maximum absolute atomic E-state index is 2.34. The van der Waals surface area contributed by atoms with Gasteiger partial charge in [-0.2, -0.15) is 0 Å². The van der Waals surface area contributed by atoms with Crippen LogP contribution in [0.3, 0.4) is 0 Å². The first-order valence-electron chi connectivity index (χ1n) is 18.9. The molecule has 1 nitrogen and oxygen atoms in total. The van der Waals surface area contributed by atoms with Crippen molar-refractivity contribution in [1.82, 2.24) is 0 Å². The number of hydrogen-bond acceptors (Lipinski definition) is 1. The number of rotatable bonds is 7. The van der Waals surface area contributed by atoms with Crippen LogP contribution in [0, 0.1) is 0 Å². The van der Waals surface area contributed by atoms with Crippen molar-refractivity contribution in [2.75, 3.05) is 4.90 Å². The maximum atomic E-state index is 2.34. The predicted molar refractivity (Wildman–Crippen MR) is 235 cm³/mol. The predicted octanol–water partition coefficient (Wildman–Crippen LogP) is 15.3. The molecule has 55 heavy (non-hydrogen) atoms. The maximum Gasteiger partial charge on any atom is 0.0462 e. The summed E-state index contributed by atoms with van der Waals surface area (Å²) in [5.41, 5.74) is 13.0. The first kappa shape index (κ1) is 32.4. The zero-order chi connectivity index (χ0) is 36.6. The molecule has 0 fully saturated rings. The quantitative estimate of drug-likeness (QED) is 0.150. The van der Waals surface area contributed by atoms with Crippen molar-refractivity contribution in [3.63, 3.8) is 0 Å². The van der Waals surface area contributed by atoms with Crippen molar-refractivity contribution in [3.05, 3.63) is 224 Å². The van der Waals surface area contributed by atoms with E-state index in [-0.39, 0.29) is 0 Å². The molecule has 258 valence electrons. The van der Waals surface area contributed by atoms with E-state index in [0.717, 1.165) is 17.1 Å². The van der Waals surface area contributed by atoms with Crippen LogP contribution in [0.2, 0.25) is 0 Å². The van der Waals surface area contributed by atoms with E-state index >= 15 is 0 Å². The molecule has 10 aromatic carbocycles. The molecule has 0 aliphatic rings. The Labute approximate surface area is 322 Å². The summed E-state index contributed by atoms with van der Waals surface area (Å²) in [6, 6.07) is 81.4.